The maximum atomic E-state index is 9.70. The molecular weight excluding hydrogens is 336 g/mol. The zero-order valence-corrected chi connectivity index (χ0v) is 13.1. The molecule has 1 heterocycles. The van der Waals surface area contributed by atoms with Gasteiger partial charge in [-0.05, 0) is 6.92 Å². The molecule has 1 aliphatic rings. The first-order valence-electron chi connectivity index (χ1n) is 6.60. The molecule has 0 saturated carbocycles. The van der Waals surface area contributed by atoms with E-state index in [1.807, 2.05) is 0 Å². The zero-order valence-electron chi connectivity index (χ0n) is 11.5. The van der Waals surface area contributed by atoms with E-state index in [0.717, 1.165) is 5.33 Å². The minimum atomic E-state index is -1.28. The second kappa shape index (κ2) is 10.0. The lowest BCUT2D eigenvalue weighted by Crippen LogP contribution is -2.57. The SMILES string of the molecule is C[C@@H]1O[C@@H](OCCOCCOCCBr)[C@H](O)[C@H](O)[C@H]1O. The summed E-state index contributed by atoms with van der Waals surface area (Å²) in [6.45, 7) is 3.76. The summed E-state index contributed by atoms with van der Waals surface area (Å²) in [4.78, 5) is 0. The Hall–Kier alpha value is 0.200. The van der Waals surface area contributed by atoms with Crippen molar-refractivity contribution in [2.75, 3.05) is 38.4 Å². The van der Waals surface area contributed by atoms with Crippen molar-refractivity contribution >= 4 is 15.9 Å². The molecule has 5 atom stereocenters. The number of hydrogen-bond acceptors (Lipinski definition) is 7. The number of alkyl halides is 1. The maximum absolute atomic E-state index is 9.70. The van der Waals surface area contributed by atoms with Crippen molar-refractivity contribution in [1.82, 2.24) is 0 Å². The molecule has 0 aromatic carbocycles. The Kier molecular flexibility index (Phi) is 9.14. The van der Waals surface area contributed by atoms with E-state index in [9.17, 15) is 15.3 Å². The van der Waals surface area contributed by atoms with Crippen LogP contribution in [0.15, 0.2) is 0 Å². The second-order valence-electron chi connectivity index (χ2n) is 4.47. The summed E-state index contributed by atoms with van der Waals surface area (Å²) in [5.41, 5.74) is 0. The summed E-state index contributed by atoms with van der Waals surface area (Å²) in [6.07, 6.45) is -5.23. The van der Waals surface area contributed by atoms with Gasteiger partial charge in [0.15, 0.2) is 6.29 Å². The molecule has 0 spiro atoms. The number of rotatable bonds is 9. The van der Waals surface area contributed by atoms with Crippen LogP contribution >= 0.6 is 15.9 Å². The van der Waals surface area contributed by atoms with Gasteiger partial charge in [-0.1, -0.05) is 15.9 Å². The Morgan fingerprint density at radius 3 is 2.15 bits per heavy atom. The molecule has 1 aliphatic heterocycles. The third-order valence-corrected chi connectivity index (χ3v) is 3.24. The summed E-state index contributed by atoms with van der Waals surface area (Å²) in [5, 5.41) is 29.6. The normalized spacial score (nSPS) is 34.4. The van der Waals surface area contributed by atoms with Crippen molar-refractivity contribution in [3.63, 3.8) is 0 Å². The van der Waals surface area contributed by atoms with E-state index in [4.69, 9.17) is 18.9 Å². The summed E-state index contributed by atoms with van der Waals surface area (Å²) in [7, 11) is 0. The smallest absolute Gasteiger partial charge is 0.186 e. The molecule has 0 aromatic rings. The Labute approximate surface area is 126 Å². The van der Waals surface area contributed by atoms with E-state index in [1.165, 1.54) is 0 Å². The van der Waals surface area contributed by atoms with Crippen LogP contribution in [0.3, 0.4) is 0 Å². The maximum Gasteiger partial charge on any atom is 0.186 e. The third kappa shape index (κ3) is 5.90. The van der Waals surface area contributed by atoms with Crippen molar-refractivity contribution in [2.24, 2.45) is 0 Å². The van der Waals surface area contributed by atoms with Gasteiger partial charge in [-0.15, -0.1) is 0 Å². The quantitative estimate of drug-likeness (QED) is 0.368. The van der Waals surface area contributed by atoms with Gasteiger partial charge < -0.3 is 34.3 Å². The fourth-order valence-electron chi connectivity index (χ4n) is 1.75. The monoisotopic (exact) mass is 358 g/mol. The first-order chi connectivity index (χ1) is 9.57. The molecule has 0 aromatic heterocycles. The van der Waals surface area contributed by atoms with Gasteiger partial charge in [0.2, 0.25) is 0 Å². The molecule has 0 aliphatic carbocycles. The average Bonchev–Trinajstić information content (AvgIpc) is 2.44. The van der Waals surface area contributed by atoms with Crippen molar-refractivity contribution in [2.45, 2.75) is 37.6 Å². The van der Waals surface area contributed by atoms with E-state index >= 15 is 0 Å². The minimum Gasteiger partial charge on any atom is -0.388 e. The Morgan fingerprint density at radius 2 is 1.50 bits per heavy atom. The number of hydrogen-bond donors (Lipinski definition) is 3. The fraction of sp³-hybridized carbons (Fsp3) is 1.00. The molecule has 1 fully saturated rings. The van der Waals surface area contributed by atoms with Crippen LogP contribution in [-0.4, -0.2) is 84.4 Å². The van der Waals surface area contributed by atoms with E-state index < -0.39 is 30.7 Å². The van der Waals surface area contributed by atoms with Crippen LogP contribution in [0.25, 0.3) is 0 Å². The second-order valence-corrected chi connectivity index (χ2v) is 5.26. The fourth-order valence-corrected chi connectivity index (χ4v) is 1.98. The molecule has 8 heteroatoms. The van der Waals surface area contributed by atoms with Crippen molar-refractivity contribution in [3.8, 4) is 0 Å². The van der Waals surface area contributed by atoms with Crippen molar-refractivity contribution in [1.29, 1.82) is 0 Å². The Bertz CT molecular complexity index is 256. The topological polar surface area (TPSA) is 97.6 Å². The van der Waals surface area contributed by atoms with Crippen LogP contribution in [-0.2, 0) is 18.9 Å². The first-order valence-corrected chi connectivity index (χ1v) is 7.72. The Balaban J connectivity index is 2.09. The van der Waals surface area contributed by atoms with Gasteiger partial charge in [-0.2, -0.15) is 0 Å². The van der Waals surface area contributed by atoms with E-state index in [2.05, 4.69) is 15.9 Å². The highest BCUT2D eigenvalue weighted by atomic mass is 79.9. The predicted molar refractivity (Wildman–Crippen MR) is 73.7 cm³/mol. The van der Waals surface area contributed by atoms with E-state index in [0.29, 0.717) is 26.4 Å². The minimum absolute atomic E-state index is 0.218. The van der Waals surface area contributed by atoms with Gasteiger partial charge in [-0.3, -0.25) is 0 Å². The van der Waals surface area contributed by atoms with Crippen molar-refractivity contribution < 1.29 is 34.3 Å². The number of ether oxygens (including phenoxy) is 4. The molecule has 0 bridgehead atoms. The predicted octanol–water partition coefficient (Wildman–Crippen LogP) is -0.741. The van der Waals surface area contributed by atoms with Gasteiger partial charge in [0, 0.05) is 5.33 Å². The summed E-state index contributed by atoms with van der Waals surface area (Å²) < 4.78 is 21.0. The largest absolute Gasteiger partial charge is 0.388 e. The third-order valence-electron chi connectivity index (χ3n) is 2.91. The molecular formula is C12H23BrO7. The summed E-state index contributed by atoms with van der Waals surface area (Å²) >= 11 is 3.25. The molecule has 0 amide bonds. The highest BCUT2D eigenvalue weighted by Crippen LogP contribution is 2.21. The van der Waals surface area contributed by atoms with Crippen LogP contribution in [0.1, 0.15) is 6.92 Å². The van der Waals surface area contributed by atoms with Crippen LogP contribution in [0.2, 0.25) is 0 Å². The molecule has 120 valence electrons. The van der Waals surface area contributed by atoms with Gasteiger partial charge in [0.25, 0.3) is 0 Å². The average molecular weight is 359 g/mol. The van der Waals surface area contributed by atoms with Crippen LogP contribution in [0.4, 0.5) is 0 Å². The Morgan fingerprint density at radius 1 is 0.900 bits per heavy atom. The molecule has 20 heavy (non-hydrogen) atoms. The standard InChI is InChI=1S/C12H23BrO7/c1-8-9(14)10(15)11(16)12(20-8)19-7-6-18-5-4-17-3-2-13/h8-12,14-16H,2-7H2,1H3/t8-,9-,10+,11+,12+/m0/s1. The first kappa shape index (κ1) is 18.2. The van der Waals surface area contributed by atoms with Crippen LogP contribution in [0, 0.1) is 0 Å². The molecule has 1 saturated heterocycles. The molecule has 7 nitrogen and oxygen atoms in total. The van der Waals surface area contributed by atoms with Gasteiger partial charge in [-0.25, -0.2) is 0 Å². The lowest BCUT2D eigenvalue weighted by Gasteiger charge is -2.38. The molecule has 1 rings (SSSR count). The molecule has 0 unspecified atom stereocenters. The zero-order chi connectivity index (χ0) is 15.0. The highest BCUT2D eigenvalue weighted by molar-refractivity contribution is 9.09. The van der Waals surface area contributed by atoms with Gasteiger partial charge in [0.05, 0.1) is 39.1 Å². The van der Waals surface area contributed by atoms with Crippen LogP contribution < -0.4 is 0 Å². The van der Waals surface area contributed by atoms with E-state index in [-0.39, 0.29) is 6.61 Å². The number of halogens is 1. The lowest BCUT2D eigenvalue weighted by molar-refractivity contribution is -0.294. The van der Waals surface area contributed by atoms with Gasteiger partial charge >= 0.3 is 0 Å². The molecule has 3 N–H and O–H groups in total. The highest BCUT2D eigenvalue weighted by Gasteiger charge is 2.42. The summed E-state index contributed by atoms with van der Waals surface area (Å²) in [6, 6.07) is 0. The van der Waals surface area contributed by atoms with Gasteiger partial charge in [0.1, 0.15) is 18.3 Å². The lowest BCUT2D eigenvalue weighted by atomic mass is 10.0. The number of aliphatic hydroxyl groups is 3. The molecule has 0 radical (unpaired) electrons. The van der Waals surface area contributed by atoms with Crippen molar-refractivity contribution in [3.05, 3.63) is 0 Å². The summed E-state index contributed by atoms with van der Waals surface area (Å²) in [5.74, 6) is 0. The van der Waals surface area contributed by atoms with Crippen LogP contribution in [0.5, 0.6) is 0 Å². The van der Waals surface area contributed by atoms with E-state index in [1.54, 1.807) is 6.92 Å². The number of aliphatic hydroxyl groups excluding tert-OH is 3.